The van der Waals surface area contributed by atoms with Crippen LogP contribution in [0.15, 0.2) is 42.7 Å². The van der Waals surface area contributed by atoms with E-state index < -0.39 is 11.6 Å². The van der Waals surface area contributed by atoms with Crippen molar-refractivity contribution in [1.82, 2.24) is 14.9 Å². The minimum atomic E-state index is -0.951. The summed E-state index contributed by atoms with van der Waals surface area (Å²) >= 11 is 0. The lowest BCUT2D eigenvalue weighted by Crippen LogP contribution is -2.44. The number of aliphatic hydroxyl groups is 1. The summed E-state index contributed by atoms with van der Waals surface area (Å²) in [6.07, 6.45) is 6.01. The van der Waals surface area contributed by atoms with Gasteiger partial charge in [0.2, 0.25) is 0 Å². The Bertz CT molecular complexity index is 749. The second kappa shape index (κ2) is 7.90. The van der Waals surface area contributed by atoms with E-state index in [2.05, 4.69) is 9.97 Å². The summed E-state index contributed by atoms with van der Waals surface area (Å²) in [5.41, 5.74) is 1.98. The third-order valence-corrected chi connectivity index (χ3v) is 3.68. The smallest absolute Gasteiger partial charge is 0.408 e. The molecule has 0 fully saturated rings. The second-order valence-electron chi connectivity index (χ2n) is 6.66. The van der Waals surface area contributed by atoms with Gasteiger partial charge in [0, 0.05) is 35.6 Å². The molecule has 0 unspecified atom stereocenters. The summed E-state index contributed by atoms with van der Waals surface area (Å²) in [6, 6.07) is 7.42. The van der Waals surface area contributed by atoms with Gasteiger partial charge in [-0.05, 0) is 32.4 Å². The molecule has 6 heteroatoms. The van der Waals surface area contributed by atoms with E-state index >= 15 is 0 Å². The van der Waals surface area contributed by atoms with Crippen LogP contribution in [0.4, 0.5) is 4.79 Å². The van der Waals surface area contributed by atoms with Crippen molar-refractivity contribution < 1.29 is 15.0 Å². The molecule has 0 radical (unpaired) electrons. The van der Waals surface area contributed by atoms with Gasteiger partial charge in [-0.1, -0.05) is 30.4 Å². The molecule has 0 aliphatic carbocycles. The Morgan fingerprint density at radius 2 is 1.92 bits per heavy atom. The van der Waals surface area contributed by atoms with Crippen LogP contribution in [0, 0.1) is 0 Å². The highest BCUT2D eigenvalue weighted by molar-refractivity contribution is 5.66. The maximum absolute atomic E-state index is 11.3. The van der Waals surface area contributed by atoms with Crippen LogP contribution in [0.25, 0.3) is 17.5 Å². The summed E-state index contributed by atoms with van der Waals surface area (Å²) in [6.45, 7) is 5.83. The highest BCUT2D eigenvalue weighted by atomic mass is 16.4. The Balaban J connectivity index is 2.08. The van der Waals surface area contributed by atoms with Crippen molar-refractivity contribution in [3.63, 3.8) is 0 Å². The van der Waals surface area contributed by atoms with Crippen LogP contribution >= 0.6 is 0 Å². The molecule has 1 amide bonds. The quantitative estimate of drug-likeness (QED) is 0.870. The Kier molecular flexibility index (Phi) is 5.88. The van der Waals surface area contributed by atoms with Gasteiger partial charge in [-0.3, -0.25) is 4.90 Å². The van der Waals surface area contributed by atoms with Gasteiger partial charge in [-0.15, -0.1) is 0 Å². The lowest BCUT2D eigenvalue weighted by atomic mass is 10.1. The van der Waals surface area contributed by atoms with Crippen LogP contribution in [0.1, 0.15) is 31.9 Å². The fourth-order valence-electron chi connectivity index (χ4n) is 2.32. The number of nitrogens with zero attached hydrogens (tertiary/aromatic N) is 3. The van der Waals surface area contributed by atoms with E-state index in [1.165, 1.54) is 4.90 Å². The lowest BCUT2D eigenvalue weighted by Gasteiger charge is -2.32. The number of aromatic nitrogens is 2. The number of carbonyl (C=O) groups is 1. The first-order chi connectivity index (χ1) is 11.8. The number of benzene rings is 1. The van der Waals surface area contributed by atoms with Gasteiger partial charge in [0.05, 0.1) is 6.61 Å². The van der Waals surface area contributed by atoms with Gasteiger partial charge in [0.25, 0.3) is 0 Å². The standard InChI is InChI=1S/C19H23N3O3/c1-19(2,3)22(18(24)25)9-5-7-15-11-20-17(21-12-15)16-8-4-6-14(10-16)13-23/h4-8,10-12,23H,9,13H2,1-3H3,(H,24,25)/b7-5+. The van der Waals surface area contributed by atoms with Crippen molar-refractivity contribution >= 4 is 12.2 Å². The Morgan fingerprint density at radius 3 is 2.48 bits per heavy atom. The molecule has 0 spiro atoms. The fraction of sp³-hybridized carbons (Fsp3) is 0.316. The molecule has 2 N–H and O–H groups in total. The minimum absolute atomic E-state index is 0.0253. The zero-order valence-corrected chi connectivity index (χ0v) is 14.7. The predicted molar refractivity (Wildman–Crippen MR) is 96.9 cm³/mol. The number of amides is 1. The normalized spacial score (nSPS) is 11.7. The number of rotatable bonds is 5. The van der Waals surface area contributed by atoms with E-state index in [0.717, 1.165) is 16.7 Å². The monoisotopic (exact) mass is 341 g/mol. The van der Waals surface area contributed by atoms with Crippen LogP contribution in [0.3, 0.4) is 0 Å². The van der Waals surface area contributed by atoms with Gasteiger partial charge < -0.3 is 10.2 Å². The van der Waals surface area contributed by atoms with Crippen molar-refractivity contribution in [2.24, 2.45) is 0 Å². The first-order valence-corrected chi connectivity index (χ1v) is 8.00. The van der Waals surface area contributed by atoms with E-state index in [0.29, 0.717) is 12.4 Å². The molecule has 0 saturated heterocycles. The summed E-state index contributed by atoms with van der Waals surface area (Å²) < 4.78 is 0. The van der Waals surface area contributed by atoms with Crippen LogP contribution < -0.4 is 0 Å². The molecule has 1 aromatic heterocycles. The van der Waals surface area contributed by atoms with E-state index in [4.69, 9.17) is 0 Å². The Hall–Kier alpha value is -2.73. The van der Waals surface area contributed by atoms with E-state index in [-0.39, 0.29) is 6.61 Å². The van der Waals surface area contributed by atoms with Crippen LogP contribution in [-0.2, 0) is 6.61 Å². The molecule has 1 aromatic carbocycles. The summed E-state index contributed by atoms with van der Waals surface area (Å²) in [4.78, 5) is 21.3. The average molecular weight is 341 g/mol. The largest absolute Gasteiger partial charge is 0.465 e. The van der Waals surface area contributed by atoms with E-state index in [1.54, 1.807) is 24.5 Å². The molecule has 0 saturated carbocycles. The van der Waals surface area contributed by atoms with Crippen molar-refractivity contribution in [2.45, 2.75) is 32.9 Å². The SMILES string of the molecule is CC(C)(C)N(C/C=C/c1cnc(-c2cccc(CO)c2)nc1)C(=O)O. The maximum Gasteiger partial charge on any atom is 0.408 e. The molecule has 1 heterocycles. The number of hydrogen-bond acceptors (Lipinski definition) is 4. The first kappa shape index (κ1) is 18.6. The summed E-state index contributed by atoms with van der Waals surface area (Å²) in [7, 11) is 0. The second-order valence-corrected chi connectivity index (χ2v) is 6.66. The van der Waals surface area contributed by atoms with Gasteiger partial charge in [0.1, 0.15) is 0 Å². The summed E-state index contributed by atoms with van der Waals surface area (Å²) in [5, 5.41) is 18.5. The van der Waals surface area contributed by atoms with Crippen molar-refractivity contribution in [3.05, 3.63) is 53.9 Å². The molecule has 0 aliphatic heterocycles. The molecule has 2 aromatic rings. The zero-order valence-electron chi connectivity index (χ0n) is 14.7. The minimum Gasteiger partial charge on any atom is -0.465 e. The maximum atomic E-state index is 11.3. The molecule has 25 heavy (non-hydrogen) atoms. The van der Waals surface area contributed by atoms with Gasteiger partial charge in [-0.25, -0.2) is 14.8 Å². The van der Waals surface area contributed by atoms with E-state index in [1.807, 2.05) is 45.0 Å². The Morgan fingerprint density at radius 1 is 1.24 bits per heavy atom. The molecular formula is C19H23N3O3. The highest BCUT2D eigenvalue weighted by Crippen LogP contribution is 2.17. The molecule has 6 nitrogen and oxygen atoms in total. The fourth-order valence-corrected chi connectivity index (χ4v) is 2.32. The van der Waals surface area contributed by atoms with E-state index in [9.17, 15) is 15.0 Å². The molecule has 0 bridgehead atoms. The highest BCUT2D eigenvalue weighted by Gasteiger charge is 2.24. The topological polar surface area (TPSA) is 86.5 Å². The van der Waals surface area contributed by atoms with Gasteiger partial charge in [0.15, 0.2) is 5.82 Å². The molecule has 132 valence electrons. The summed E-state index contributed by atoms with van der Waals surface area (Å²) in [5.74, 6) is 0.578. The van der Waals surface area contributed by atoms with Crippen LogP contribution in [-0.4, -0.2) is 43.3 Å². The van der Waals surface area contributed by atoms with Crippen LogP contribution in [0.5, 0.6) is 0 Å². The number of carboxylic acid groups (broad SMARTS) is 1. The van der Waals surface area contributed by atoms with Gasteiger partial charge >= 0.3 is 6.09 Å². The number of hydrogen-bond donors (Lipinski definition) is 2. The number of aliphatic hydroxyl groups excluding tert-OH is 1. The molecule has 2 rings (SSSR count). The Labute approximate surface area is 147 Å². The zero-order chi connectivity index (χ0) is 18.4. The predicted octanol–water partition coefficient (Wildman–Crippen LogP) is 3.43. The average Bonchev–Trinajstić information content (AvgIpc) is 2.58. The third-order valence-electron chi connectivity index (χ3n) is 3.68. The van der Waals surface area contributed by atoms with Crippen molar-refractivity contribution in [1.29, 1.82) is 0 Å². The molecular weight excluding hydrogens is 318 g/mol. The third kappa shape index (κ3) is 5.12. The first-order valence-electron chi connectivity index (χ1n) is 8.00. The van der Waals surface area contributed by atoms with Crippen molar-refractivity contribution in [2.75, 3.05) is 6.54 Å². The van der Waals surface area contributed by atoms with Crippen LogP contribution in [0.2, 0.25) is 0 Å². The molecule has 0 atom stereocenters. The molecule has 0 aliphatic rings. The van der Waals surface area contributed by atoms with Gasteiger partial charge in [-0.2, -0.15) is 0 Å². The lowest BCUT2D eigenvalue weighted by molar-refractivity contribution is 0.108. The van der Waals surface area contributed by atoms with Crippen molar-refractivity contribution in [3.8, 4) is 11.4 Å².